The average Bonchev–Trinajstić information content (AvgIpc) is 3.29. The summed E-state index contributed by atoms with van der Waals surface area (Å²) in [6.45, 7) is 0.375. The fourth-order valence-electron chi connectivity index (χ4n) is 2.95. The lowest BCUT2D eigenvalue weighted by molar-refractivity contribution is 0.0937. The van der Waals surface area contributed by atoms with E-state index in [1.807, 2.05) is 17.5 Å². The summed E-state index contributed by atoms with van der Waals surface area (Å²) in [5.74, 6) is 0.252. The number of ether oxygens (including phenoxy) is 1. The van der Waals surface area contributed by atoms with Crippen molar-refractivity contribution in [1.82, 2.24) is 10.3 Å². The topological polar surface area (TPSA) is 51.2 Å². The Labute approximate surface area is 148 Å². The fourth-order valence-corrected chi connectivity index (χ4v) is 3.59. The molecule has 0 radical (unpaired) electrons. The zero-order chi connectivity index (χ0) is 17.2. The van der Waals surface area contributed by atoms with Crippen LogP contribution in [0.25, 0.3) is 11.1 Å². The van der Waals surface area contributed by atoms with E-state index in [1.54, 1.807) is 24.5 Å². The van der Waals surface area contributed by atoms with E-state index in [-0.39, 0.29) is 17.8 Å². The summed E-state index contributed by atoms with van der Waals surface area (Å²) in [5, 5.41) is 4.74. The van der Waals surface area contributed by atoms with Crippen molar-refractivity contribution in [2.45, 2.75) is 12.5 Å². The molecule has 1 amide bonds. The van der Waals surface area contributed by atoms with Crippen molar-refractivity contribution < 1.29 is 13.9 Å². The van der Waals surface area contributed by atoms with Gasteiger partial charge in [0.2, 0.25) is 0 Å². The van der Waals surface area contributed by atoms with E-state index in [9.17, 15) is 9.18 Å². The normalized spacial score (nSPS) is 15.5. The molecule has 1 aromatic carbocycles. The van der Waals surface area contributed by atoms with Gasteiger partial charge in [-0.3, -0.25) is 9.78 Å². The number of nitrogens with zero attached hydrogens (tertiary/aromatic N) is 1. The first-order valence-corrected chi connectivity index (χ1v) is 8.80. The predicted molar refractivity (Wildman–Crippen MR) is 94.4 cm³/mol. The van der Waals surface area contributed by atoms with Gasteiger partial charge in [-0.05, 0) is 29.6 Å². The standard InChI is InChI=1S/C19H15FN2O2S/c20-14-7-13-8-15(11-22-19(23)17-4-2-6-25-17)24-18(13)16(9-14)12-3-1-5-21-10-12/h1-7,9-10,15H,8,11H2,(H,22,23). The van der Waals surface area contributed by atoms with Gasteiger partial charge in [-0.2, -0.15) is 0 Å². The lowest BCUT2D eigenvalue weighted by Crippen LogP contribution is -2.34. The number of pyridine rings is 1. The van der Waals surface area contributed by atoms with Crippen LogP contribution in [0.4, 0.5) is 4.39 Å². The van der Waals surface area contributed by atoms with Crippen LogP contribution in [-0.4, -0.2) is 23.5 Å². The lowest BCUT2D eigenvalue weighted by Gasteiger charge is -2.13. The Bertz CT molecular complexity index is 897. The Kier molecular flexibility index (Phi) is 4.19. The van der Waals surface area contributed by atoms with Crippen molar-refractivity contribution in [3.05, 3.63) is 70.4 Å². The van der Waals surface area contributed by atoms with E-state index >= 15 is 0 Å². The Morgan fingerprint density at radius 1 is 1.36 bits per heavy atom. The molecule has 1 unspecified atom stereocenters. The molecular weight excluding hydrogens is 339 g/mol. The quantitative estimate of drug-likeness (QED) is 0.778. The average molecular weight is 354 g/mol. The van der Waals surface area contributed by atoms with Crippen molar-refractivity contribution in [3.8, 4) is 16.9 Å². The van der Waals surface area contributed by atoms with E-state index in [4.69, 9.17) is 4.74 Å². The first-order chi connectivity index (χ1) is 12.2. The number of amides is 1. The molecule has 0 saturated carbocycles. The fraction of sp³-hybridized carbons (Fsp3) is 0.158. The predicted octanol–water partition coefficient (Wildman–Crippen LogP) is 3.68. The number of carbonyl (C=O) groups excluding carboxylic acids is 1. The molecule has 1 N–H and O–H groups in total. The maximum absolute atomic E-state index is 14.0. The van der Waals surface area contributed by atoms with E-state index in [1.165, 1.54) is 23.5 Å². The van der Waals surface area contributed by atoms with Crippen LogP contribution in [0.2, 0.25) is 0 Å². The highest BCUT2D eigenvalue weighted by atomic mass is 32.1. The zero-order valence-corrected chi connectivity index (χ0v) is 14.1. The van der Waals surface area contributed by atoms with E-state index in [0.29, 0.717) is 29.2 Å². The van der Waals surface area contributed by atoms with Crippen LogP contribution in [-0.2, 0) is 6.42 Å². The highest BCUT2D eigenvalue weighted by Gasteiger charge is 2.27. The second kappa shape index (κ2) is 6.64. The number of aromatic nitrogens is 1. The Balaban J connectivity index is 1.51. The summed E-state index contributed by atoms with van der Waals surface area (Å²) < 4.78 is 20.0. The van der Waals surface area contributed by atoms with Crippen molar-refractivity contribution in [1.29, 1.82) is 0 Å². The largest absolute Gasteiger partial charge is 0.487 e. The molecule has 1 aliphatic rings. The number of halogens is 1. The van der Waals surface area contributed by atoms with Crippen molar-refractivity contribution in [2.75, 3.05) is 6.54 Å². The van der Waals surface area contributed by atoms with Gasteiger partial charge in [0.15, 0.2) is 0 Å². The summed E-state index contributed by atoms with van der Waals surface area (Å²) in [4.78, 5) is 16.8. The second-order valence-electron chi connectivity index (χ2n) is 5.81. The third-order valence-corrected chi connectivity index (χ3v) is 4.94. The molecule has 3 heterocycles. The number of nitrogens with one attached hydrogen (secondary N) is 1. The minimum absolute atomic E-state index is 0.117. The Morgan fingerprint density at radius 3 is 3.04 bits per heavy atom. The van der Waals surface area contributed by atoms with Crippen molar-refractivity contribution in [2.24, 2.45) is 0 Å². The van der Waals surface area contributed by atoms with E-state index in [0.717, 1.165) is 11.1 Å². The highest BCUT2D eigenvalue weighted by Crippen LogP contribution is 2.39. The van der Waals surface area contributed by atoms with Gasteiger partial charge in [0.25, 0.3) is 5.91 Å². The summed E-state index contributed by atoms with van der Waals surface area (Å²) in [7, 11) is 0. The molecule has 0 bridgehead atoms. The number of benzene rings is 1. The maximum Gasteiger partial charge on any atom is 0.261 e. The SMILES string of the molecule is O=C(NCC1Cc2cc(F)cc(-c3cccnc3)c2O1)c1cccs1. The molecule has 126 valence electrons. The van der Waals surface area contributed by atoms with Crippen molar-refractivity contribution >= 4 is 17.2 Å². The van der Waals surface area contributed by atoms with Crippen LogP contribution in [0, 0.1) is 5.82 Å². The molecule has 4 nitrogen and oxygen atoms in total. The van der Waals surface area contributed by atoms with Gasteiger partial charge in [-0.25, -0.2) is 4.39 Å². The van der Waals surface area contributed by atoms with Crippen molar-refractivity contribution in [3.63, 3.8) is 0 Å². The van der Waals surface area contributed by atoms with Gasteiger partial charge in [0.1, 0.15) is 17.7 Å². The number of hydrogen-bond acceptors (Lipinski definition) is 4. The van der Waals surface area contributed by atoms with Crippen LogP contribution >= 0.6 is 11.3 Å². The summed E-state index contributed by atoms with van der Waals surface area (Å²) in [6, 6.07) is 10.3. The molecule has 25 heavy (non-hydrogen) atoms. The number of thiophene rings is 1. The minimum atomic E-state index is -0.301. The number of carbonyl (C=O) groups is 1. The van der Waals surface area contributed by atoms with Gasteiger partial charge >= 0.3 is 0 Å². The molecule has 1 atom stereocenters. The number of rotatable bonds is 4. The van der Waals surface area contributed by atoms with Crippen LogP contribution in [0.3, 0.4) is 0 Å². The zero-order valence-electron chi connectivity index (χ0n) is 13.2. The van der Waals surface area contributed by atoms with E-state index in [2.05, 4.69) is 10.3 Å². The number of hydrogen-bond donors (Lipinski definition) is 1. The molecule has 0 saturated heterocycles. The lowest BCUT2D eigenvalue weighted by atomic mass is 10.0. The molecule has 0 spiro atoms. The molecule has 6 heteroatoms. The smallest absolute Gasteiger partial charge is 0.261 e. The first-order valence-electron chi connectivity index (χ1n) is 7.92. The second-order valence-corrected chi connectivity index (χ2v) is 6.76. The summed E-state index contributed by atoms with van der Waals surface area (Å²) >= 11 is 1.39. The van der Waals surface area contributed by atoms with Gasteiger partial charge < -0.3 is 10.1 Å². The monoisotopic (exact) mass is 354 g/mol. The molecule has 0 aliphatic carbocycles. The first kappa shape index (κ1) is 15.8. The van der Waals surface area contributed by atoms with Gasteiger partial charge in [0, 0.05) is 35.5 Å². The molecule has 3 aromatic rings. The molecule has 4 rings (SSSR count). The van der Waals surface area contributed by atoms with Crippen LogP contribution in [0.15, 0.2) is 54.2 Å². The highest BCUT2D eigenvalue weighted by molar-refractivity contribution is 7.12. The van der Waals surface area contributed by atoms with Crippen LogP contribution in [0.1, 0.15) is 15.2 Å². The minimum Gasteiger partial charge on any atom is -0.487 e. The van der Waals surface area contributed by atoms with Gasteiger partial charge in [-0.15, -0.1) is 11.3 Å². The molecule has 1 aliphatic heterocycles. The van der Waals surface area contributed by atoms with Gasteiger partial charge in [0.05, 0.1) is 11.4 Å². The summed E-state index contributed by atoms with van der Waals surface area (Å²) in [6.07, 6.45) is 3.71. The molecule has 0 fully saturated rings. The third-order valence-electron chi connectivity index (χ3n) is 4.07. The van der Waals surface area contributed by atoms with E-state index < -0.39 is 0 Å². The maximum atomic E-state index is 14.0. The summed E-state index contributed by atoms with van der Waals surface area (Å²) in [5.41, 5.74) is 2.31. The molecular formula is C19H15FN2O2S. The number of fused-ring (bicyclic) bond motifs is 1. The Hall–Kier alpha value is -2.73. The molecule has 2 aromatic heterocycles. The Morgan fingerprint density at radius 2 is 2.28 bits per heavy atom. The van der Waals surface area contributed by atoms with Crippen LogP contribution < -0.4 is 10.1 Å². The van der Waals surface area contributed by atoms with Crippen LogP contribution in [0.5, 0.6) is 5.75 Å². The van der Waals surface area contributed by atoms with Gasteiger partial charge in [-0.1, -0.05) is 12.1 Å². The third kappa shape index (κ3) is 3.25.